The van der Waals surface area contributed by atoms with Crippen molar-refractivity contribution < 1.29 is 23.9 Å². The number of esters is 2. The van der Waals surface area contributed by atoms with E-state index in [0.29, 0.717) is 5.56 Å². The first-order chi connectivity index (χ1) is 13.8. The summed E-state index contributed by atoms with van der Waals surface area (Å²) in [5.41, 5.74) is 2.35. The number of nitrogens with one attached hydrogen (secondary N) is 1. The van der Waals surface area contributed by atoms with E-state index in [-0.39, 0.29) is 28.7 Å². The molecule has 9 heteroatoms. The molecule has 156 valence electrons. The molecule has 0 unspecified atom stereocenters. The van der Waals surface area contributed by atoms with Crippen LogP contribution in [0.2, 0.25) is 0 Å². The normalized spacial score (nSPS) is 10.9. The Bertz CT molecular complexity index is 942. The monoisotopic (exact) mass is 419 g/mol. The molecule has 0 fully saturated rings. The average Bonchev–Trinajstić information content (AvgIpc) is 3.19. The molecule has 2 rings (SSSR count). The Kier molecular flexibility index (Phi) is 7.72. The lowest BCUT2D eigenvalue weighted by molar-refractivity contribution is -0.111. The Hall–Kier alpha value is -2.94. The van der Waals surface area contributed by atoms with Crippen LogP contribution in [0, 0.1) is 13.8 Å². The number of nitrogens with zero attached hydrogens (tertiary/aromatic N) is 2. The van der Waals surface area contributed by atoms with Gasteiger partial charge in [-0.15, -0.1) is 11.3 Å². The van der Waals surface area contributed by atoms with Crippen molar-refractivity contribution in [3.63, 3.8) is 0 Å². The maximum atomic E-state index is 12.4. The standard InChI is InChI=1S/C20H25N3O5S/c1-6-23-13(5)14(11-21-23)9-10-15(24)22-18-16(19(25)27-7-2)12(4)17(29-18)20(26)28-8-3/h9-11H,6-8H2,1-5H3,(H,22,24)/b10-9+. The van der Waals surface area contributed by atoms with Crippen LogP contribution in [0.15, 0.2) is 12.3 Å². The van der Waals surface area contributed by atoms with Gasteiger partial charge in [0, 0.05) is 23.9 Å². The summed E-state index contributed by atoms with van der Waals surface area (Å²) in [6, 6.07) is 0. The third-order valence-electron chi connectivity index (χ3n) is 4.18. The number of anilines is 1. The quantitative estimate of drug-likeness (QED) is 0.519. The molecular formula is C20H25N3O5S. The molecule has 0 aromatic carbocycles. The van der Waals surface area contributed by atoms with Crippen LogP contribution in [-0.4, -0.2) is 40.8 Å². The molecule has 2 aromatic heterocycles. The van der Waals surface area contributed by atoms with Crippen molar-refractivity contribution >= 4 is 40.3 Å². The van der Waals surface area contributed by atoms with Crippen LogP contribution < -0.4 is 5.32 Å². The fourth-order valence-electron chi connectivity index (χ4n) is 2.70. The van der Waals surface area contributed by atoms with Gasteiger partial charge in [0.1, 0.15) is 9.88 Å². The lowest BCUT2D eigenvalue weighted by Gasteiger charge is -2.05. The lowest BCUT2D eigenvalue weighted by atomic mass is 10.1. The van der Waals surface area contributed by atoms with E-state index in [1.54, 1.807) is 33.0 Å². The molecule has 0 saturated carbocycles. The van der Waals surface area contributed by atoms with Gasteiger partial charge in [-0.1, -0.05) is 0 Å². The molecule has 0 bridgehead atoms. The number of amides is 1. The van der Waals surface area contributed by atoms with E-state index in [2.05, 4.69) is 10.4 Å². The second-order valence-electron chi connectivity index (χ2n) is 6.02. The van der Waals surface area contributed by atoms with Crippen LogP contribution in [0.3, 0.4) is 0 Å². The van der Waals surface area contributed by atoms with Crippen molar-refractivity contribution in [1.82, 2.24) is 9.78 Å². The third-order valence-corrected chi connectivity index (χ3v) is 5.37. The highest BCUT2D eigenvalue weighted by molar-refractivity contribution is 7.18. The topological polar surface area (TPSA) is 99.5 Å². The van der Waals surface area contributed by atoms with Gasteiger partial charge in [0.25, 0.3) is 0 Å². The minimum atomic E-state index is -0.601. The van der Waals surface area contributed by atoms with Gasteiger partial charge in [0.05, 0.1) is 25.0 Å². The van der Waals surface area contributed by atoms with Gasteiger partial charge < -0.3 is 14.8 Å². The van der Waals surface area contributed by atoms with E-state index >= 15 is 0 Å². The van der Waals surface area contributed by atoms with Crippen LogP contribution in [0.25, 0.3) is 6.08 Å². The number of ether oxygens (including phenoxy) is 2. The molecule has 0 aliphatic heterocycles. The molecular weight excluding hydrogens is 394 g/mol. The molecule has 0 radical (unpaired) electrons. The van der Waals surface area contributed by atoms with Gasteiger partial charge in [-0.05, 0) is 46.3 Å². The molecule has 0 aliphatic carbocycles. The molecule has 2 aromatic rings. The summed E-state index contributed by atoms with van der Waals surface area (Å²) in [6.45, 7) is 10.0. The zero-order valence-corrected chi connectivity index (χ0v) is 18.0. The Morgan fingerprint density at radius 3 is 2.38 bits per heavy atom. The maximum Gasteiger partial charge on any atom is 0.348 e. The van der Waals surface area contributed by atoms with Gasteiger partial charge >= 0.3 is 11.9 Å². The van der Waals surface area contributed by atoms with E-state index in [1.807, 2.05) is 18.5 Å². The zero-order chi connectivity index (χ0) is 21.6. The van der Waals surface area contributed by atoms with Gasteiger partial charge in [0.2, 0.25) is 5.91 Å². The second kappa shape index (κ2) is 10.0. The first-order valence-electron chi connectivity index (χ1n) is 9.32. The first kappa shape index (κ1) is 22.4. The van der Waals surface area contributed by atoms with E-state index in [9.17, 15) is 14.4 Å². The van der Waals surface area contributed by atoms with Gasteiger partial charge in [-0.3, -0.25) is 9.48 Å². The summed E-state index contributed by atoms with van der Waals surface area (Å²) >= 11 is 0.992. The van der Waals surface area contributed by atoms with Crippen molar-refractivity contribution in [2.75, 3.05) is 18.5 Å². The van der Waals surface area contributed by atoms with Crippen LogP contribution in [0.5, 0.6) is 0 Å². The number of carbonyl (C=O) groups is 3. The second-order valence-corrected chi connectivity index (χ2v) is 7.05. The number of carbonyl (C=O) groups excluding carboxylic acids is 3. The maximum absolute atomic E-state index is 12.4. The van der Waals surface area contributed by atoms with Gasteiger partial charge in [0.15, 0.2) is 0 Å². The SMILES string of the molecule is CCOC(=O)c1sc(NC(=O)/C=C/c2cnn(CC)c2C)c(C(=O)OCC)c1C. The highest BCUT2D eigenvalue weighted by Crippen LogP contribution is 2.34. The molecule has 29 heavy (non-hydrogen) atoms. The molecule has 1 amide bonds. The smallest absolute Gasteiger partial charge is 0.348 e. The minimum Gasteiger partial charge on any atom is -0.462 e. The number of hydrogen-bond acceptors (Lipinski definition) is 7. The number of hydrogen-bond donors (Lipinski definition) is 1. The van der Waals surface area contributed by atoms with Crippen molar-refractivity contribution in [2.45, 2.75) is 41.2 Å². The molecule has 0 aliphatic rings. The van der Waals surface area contributed by atoms with Crippen LogP contribution >= 0.6 is 11.3 Å². The molecule has 8 nitrogen and oxygen atoms in total. The van der Waals surface area contributed by atoms with Crippen molar-refractivity contribution in [3.8, 4) is 0 Å². The summed E-state index contributed by atoms with van der Waals surface area (Å²) in [5, 5.41) is 7.15. The first-order valence-corrected chi connectivity index (χ1v) is 10.1. The molecule has 0 atom stereocenters. The lowest BCUT2D eigenvalue weighted by Crippen LogP contribution is -2.13. The summed E-state index contributed by atoms with van der Waals surface area (Å²) in [6.07, 6.45) is 4.69. The fraction of sp³-hybridized carbons (Fsp3) is 0.400. The Balaban J connectivity index is 2.29. The number of rotatable bonds is 8. The Morgan fingerprint density at radius 1 is 1.14 bits per heavy atom. The highest BCUT2D eigenvalue weighted by Gasteiger charge is 2.27. The number of aryl methyl sites for hydroxylation is 1. The Labute approximate surface area is 173 Å². The van der Waals surface area contributed by atoms with Crippen LogP contribution in [0.1, 0.15) is 57.6 Å². The molecule has 0 spiro atoms. The van der Waals surface area contributed by atoms with Crippen molar-refractivity contribution in [2.24, 2.45) is 0 Å². The van der Waals surface area contributed by atoms with E-state index in [0.717, 1.165) is 29.1 Å². The largest absolute Gasteiger partial charge is 0.462 e. The minimum absolute atomic E-state index is 0.164. The summed E-state index contributed by atoms with van der Waals surface area (Å²) in [4.78, 5) is 37.2. The molecule has 0 saturated heterocycles. The Morgan fingerprint density at radius 2 is 1.79 bits per heavy atom. The average molecular weight is 420 g/mol. The summed E-state index contributed by atoms with van der Waals surface area (Å²) in [5.74, 6) is -1.58. The summed E-state index contributed by atoms with van der Waals surface area (Å²) in [7, 11) is 0. The van der Waals surface area contributed by atoms with E-state index in [1.165, 1.54) is 6.08 Å². The third kappa shape index (κ3) is 5.11. The predicted molar refractivity (Wildman–Crippen MR) is 111 cm³/mol. The van der Waals surface area contributed by atoms with Crippen LogP contribution in [-0.2, 0) is 20.8 Å². The molecule has 2 heterocycles. The van der Waals surface area contributed by atoms with Gasteiger partial charge in [-0.2, -0.15) is 5.10 Å². The van der Waals surface area contributed by atoms with Crippen LogP contribution in [0.4, 0.5) is 5.00 Å². The van der Waals surface area contributed by atoms with E-state index in [4.69, 9.17) is 9.47 Å². The zero-order valence-electron chi connectivity index (χ0n) is 17.2. The highest BCUT2D eigenvalue weighted by atomic mass is 32.1. The fourth-order valence-corrected chi connectivity index (χ4v) is 3.80. The number of aromatic nitrogens is 2. The van der Waals surface area contributed by atoms with Gasteiger partial charge in [-0.25, -0.2) is 9.59 Å². The number of thiophene rings is 1. The molecule has 1 N–H and O–H groups in total. The predicted octanol–water partition coefficient (Wildman–Crippen LogP) is 3.59. The summed E-state index contributed by atoms with van der Waals surface area (Å²) < 4.78 is 11.9. The van der Waals surface area contributed by atoms with Crippen molar-refractivity contribution in [1.29, 1.82) is 0 Å². The van der Waals surface area contributed by atoms with E-state index < -0.39 is 17.8 Å². The van der Waals surface area contributed by atoms with Crippen molar-refractivity contribution in [3.05, 3.63) is 39.5 Å².